The Balaban J connectivity index is 2.29. The lowest BCUT2D eigenvalue weighted by molar-refractivity contribution is 0.466. The molecular weight excluding hydrogens is 256 g/mol. The number of hydrogen-bond donors (Lipinski definition) is 1. The molecule has 1 aromatic heterocycles. The van der Waals surface area contributed by atoms with Gasteiger partial charge in [0.15, 0.2) is 0 Å². The van der Waals surface area contributed by atoms with Gasteiger partial charge in [0.1, 0.15) is 4.21 Å². The van der Waals surface area contributed by atoms with Crippen LogP contribution in [0.1, 0.15) is 23.3 Å². The van der Waals surface area contributed by atoms with Gasteiger partial charge in [0.05, 0.1) is 0 Å². The number of aryl methyl sites for hydroxylation is 1. The average Bonchev–Trinajstić information content (AvgIpc) is 3.04. The van der Waals surface area contributed by atoms with E-state index in [-0.39, 0.29) is 6.04 Å². The van der Waals surface area contributed by atoms with Crippen LogP contribution in [0.25, 0.3) is 0 Å². The van der Waals surface area contributed by atoms with Gasteiger partial charge < -0.3 is 5.32 Å². The minimum atomic E-state index is -3.27. The number of rotatable bonds is 5. The van der Waals surface area contributed by atoms with Crippen LogP contribution in [0.3, 0.4) is 0 Å². The van der Waals surface area contributed by atoms with E-state index in [0.29, 0.717) is 4.21 Å². The molecule has 1 aromatic rings. The van der Waals surface area contributed by atoms with Crippen molar-refractivity contribution in [3.8, 4) is 0 Å². The molecule has 0 bridgehead atoms. The fraction of sp³-hybridized carbons (Fsp3) is 0.636. The third-order valence-corrected chi connectivity index (χ3v) is 6.63. The summed E-state index contributed by atoms with van der Waals surface area (Å²) in [5.41, 5.74) is 1.05. The predicted molar refractivity (Wildman–Crippen MR) is 69.8 cm³/mol. The fourth-order valence-corrected chi connectivity index (χ4v) is 4.93. The molecule has 2 rings (SSSR count). The van der Waals surface area contributed by atoms with Crippen molar-refractivity contribution in [1.29, 1.82) is 0 Å². The molecule has 0 aliphatic heterocycles. The van der Waals surface area contributed by atoms with E-state index in [1.807, 2.05) is 14.0 Å². The van der Waals surface area contributed by atoms with Gasteiger partial charge in [-0.1, -0.05) is 0 Å². The van der Waals surface area contributed by atoms with E-state index < -0.39 is 10.0 Å². The fourth-order valence-electron chi connectivity index (χ4n) is 1.73. The van der Waals surface area contributed by atoms with Crippen molar-refractivity contribution in [2.45, 2.75) is 36.6 Å². The van der Waals surface area contributed by atoms with Crippen molar-refractivity contribution in [3.05, 3.63) is 16.5 Å². The van der Waals surface area contributed by atoms with E-state index in [0.717, 1.165) is 29.8 Å². The van der Waals surface area contributed by atoms with Crippen LogP contribution < -0.4 is 5.32 Å². The standard InChI is InChI=1S/C11H18N2O2S2/c1-8-6-11(16-10(8)7-12-2)17(14,15)13(3)9-4-5-9/h6,9,12H,4-5,7H2,1-3H3. The SMILES string of the molecule is CNCc1sc(S(=O)(=O)N(C)C2CC2)cc1C. The molecule has 0 atom stereocenters. The smallest absolute Gasteiger partial charge is 0.252 e. The second-order valence-electron chi connectivity index (χ2n) is 4.45. The van der Waals surface area contributed by atoms with Crippen LogP contribution >= 0.6 is 11.3 Å². The summed E-state index contributed by atoms with van der Waals surface area (Å²) in [6.07, 6.45) is 1.98. The summed E-state index contributed by atoms with van der Waals surface area (Å²) in [6.45, 7) is 2.68. The summed E-state index contributed by atoms with van der Waals surface area (Å²) < 4.78 is 26.6. The van der Waals surface area contributed by atoms with Crippen LogP contribution in [-0.4, -0.2) is 32.9 Å². The molecule has 0 saturated heterocycles. The van der Waals surface area contributed by atoms with Crippen molar-refractivity contribution >= 4 is 21.4 Å². The largest absolute Gasteiger partial charge is 0.315 e. The first-order chi connectivity index (χ1) is 7.96. The van der Waals surface area contributed by atoms with E-state index >= 15 is 0 Å². The van der Waals surface area contributed by atoms with Crippen LogP contribution in [0.15, 0.2) is 10.3 Å². The molecular formula is C11H18N2O2S2. The Hall–Kier alpha value is -0.430. The van der Waals surface area contributed by atoms with Crippen LogP contribution in [0.5, 0.6) is 0 Å². The first-order valence-corrected chi connectivity index (χ1v) is 7.94. The molecule has 0 radical (unpaired) electrons. The molecule has 0 amide bonds. The summed E-state index contributed by atoms with van der Waals surface area (Å²) in [5, 5.41) is 3.06. The van der Waals surface area contributed by atoms with Gasteiger partial charge in [-0.05, 0) is 38.4 Å². The number of nitrogens with one attached hydrogen (secondary N) is 1. The monoisotopic (exact) mass is 274 g/mol. The number of thiophene rings is 1. The second-order valence-corrected chi connectivity index (χ2v) is 7.82. The van der Waals surface area contributed by atoms with E-state index in [9.17, 15) is 8.42 Å². The molecule has 4 nitrogen and oxygen atoms in total. The predicted octanol–water partition coefficient (Wildman–Crippen LogP) is 1.56. The number of nitrogens with zero attached hydrogens (tertiary/aromatic N) is 1. The molecule has 0 aromatic carbocycles. The molecule has 1 saturated carbocycles. The van der Waals surface area contributed by atoms with Crippen molar-refractivity contribution in [1.82, 2.24) is 9.62 Å². The van der Waals surface area contributed by atoms with Gasteiger partial charge in [-0.3, -0.25) is 0 Å². The minimum Gasteiger partial charge on any atom is -0.315 e. The number of sulfonamides is 1. The molecule has 6 heteroatoms. The Kier molecular flexibility index (Phi) is 3.58. The summed E-state index contributed by atoms with van der Waals surface area (Å²) >= 11 is 1.37. The van der Waals surface area contributed by atoms with E-state index in [4.69, 9.17) is 0 Å². The van der Waals surface area contributed by atoms with E-state index in [1.54, 1.807) is 13.1 Å². The van der Waals surface area contributed by atoms with E-state index in [1.165, 1.54) is 15.6 Å². The molecule has 1 fully saturated rings. The maximum absolute atomic E-state index is 12.3. The zero-order valence-corrected chi connectivity index (χ0v) is 12.0. The lowest BCUT2D eigenvalue weighted by atomic mass is 10.3. The van der Waals surface area contributed by atoms with Gasteiger partial charge in [-0.25, -0.2) is 8.42 Å². The molecule has 1 aliphatic rings. The van der Waals surface area contributed by atoms with Crippen molar-refractivity contribution in [2.24, 2.45) is 0 Å². The van der Waals surface area contributed by atoms with Crippen molar-refractivity contribution in [3.63, 3.8) is 0 Å². The third kappa shape index (κ3) is 2.54. The zero-order chi connectivity index (χ0) is 12.6. The molecule has 96 valence electrons. The molecule has 0 unspecified atom stereocenters. The highest BCUT2D eigenvalue weighted by Gasteiger charge is 2.35. The van der Waals surface area contributed by atoms with Crippen LogP contribution in [0, 0.1) is 6.92 Å². The van der Waals surface area contributed by atoms with Crippen molar-refractivity contribution < 1.29 is 8.42 Å². The van der Waals surface area contributed by atoms with Crippen LogP contribution in [0.2, 0.25) is 0 Å². The third-order valence-electron chi connectivity index (χ3n) is 3.03. The van der Waals surface area contributed by atoms with Gasteiger partial charge in [0, 0.05) is 24.5 Å². The van der Waals surface area contributed by atoms with E-state index in [2.05, 4.69) is 5.32 Å². The first kappa shape index (κ1) is 13.0. The molecule has 17 heavy (non-hydrogen) atoms. The Labute approximate surface area is 107 Å². The average molecular weight is 274 g/mol. The molecule has 0 spiro atoms. The topological polar surface area (TPSA) is 49.4 Å². The normalized spacial score (nSPS) is 16.7. The molecule has 1 aliphatic carbocycles. The highest BCUT2D eigenvalue weighted by atomic mass is 32.2. The Morgan fingerprint density at radius 2 is 2.18 bits per heavy atom. The summed E-state index contributed by atoms with van der Waals surface area (Å²) in [6, 6.07) is 2.00. The Morgan fingerprint density at radius 3 is 2.71 bits per heavy atom. The number of hydrogen-bond acceptors (Lipinski definition) is 4. The maximum Gasteiger partial charge on any atom is 0.252 e. The highest BCUT2D eigenvalue weighted by Crippen LogP contribution is 2.34. The Bertz CT molecular complexity index is 504. The van der Waals surface area contributed by atoms with Gasteiger partial charge >= 0.3 is 0 Å². The summed E-state index contributed by atoms with van der Waals surface area (Å²) in [4.78, 5) is 1.09. The molecule has 1 heterocycles. The first-order valence-electron chi connectivity index (χ1n) is 5.68. The lowest BCUT2D eigenvalue weighted by Crippen LogP contribution is -2.28. The minimum absolute atomic E-state index is 0.218. The zero-order valence-electron chi connectivity index (χ0n) is 10.4. The quantitative estimate of drug-likeness (QED) is 0.886. The van der Waals surface area contributed by atoms with Gasteiger partial charge in [0.25, 0.3) is 10.0 Å². The van der Waals surface area contributed by atoms with Gasteiger partial charge in [-0.2, -0.15) is 4.31 Å². The van der Waals surface area contributed by atoms with Crippen molar-refractivity contribution in [2.75, 3.05) is 14.1 Å². The lowest BCUT2D eigenvalue weighted by Gasteiger charge is -2.14. The van der Waals surface area contributed by atoms with Crippen LogP contribution in [-0.2, 0) is 16.6 Å². The summed E-state index contributed by atoms with van der Waals surface area (Å²) in [5.74, 6) is 0. The van der Waals surface area contributed by atoms with Crippen LogP contribution in [0.4, 0.5) is 0 Å². The highest BCUT2D eigenvalue weighted by molar-refractivity contribution is 7.91. The van der Waals surface area contributed by atoms with Gasteiger partial charge in [-0.15, -0.1) is 11.3 Å². The maximum atomic E-state index is 12.3. The summed E-state index contributed by atoms with van der Waals surface area (Å²) in [7, 11) is 0.273. The Morgan fingerprint density at radius 1 is 1.53 bits per heavy atom. The molecule has 1 N–H and O–H groups in total. The second kappa shape index (κ2) is 4.68. The van der Waals surface area contributed by atoms with Gasteiger partial charge in [0.2, 0.25) is 0 Å².